The summed E-state index contributed by atoms with van der Waals surface area (Å²) in [6, 6.07) is 5.61. The summed E-state index contributed by atoms with van der Waals surface area (Å²) in [5.41, 5.74) is 7.30. The molecule has 0 saturated heterocycles. The first-order valence-corrected chi connectivity index (χ1v) is 7.30. The molecule has 0 amide bonds. The number of benzene rings is 1. The summed E-state index contributed by atoms with van der Waals surface area (Å²) >= 11 is 3.52. The second-order valence-electron chi connectivity index (χ2n) is 5.14. The molecule has 7 heteroatoms. The zero-order valence-corrected chi connectivity index (χ0v) is 12.8. The molecule has 1 aliphatic rings. The SMILES string of the molecule is COC1(Cn2nnnc2-c2cc(N)ccc2Br)CCC1. The monoisotopic (exact) mass is 337 g/mol. The van der Waals surface area contributed by atoms with E-state index in [9.17, 15) is 0 Å². The molecule has 3 rings (SSSR count). The van der Waals surface area contributed by atoms with Gasteiger partial charge in [0, 0.05) is 22.8 Å². The summed E-state index contributed by atoms with van der Waals surface area (Å²) in [6.07, 6.45) is 3.27. The highest BCUT2D eigenvalue weighted by molar-refractivity contribution is 9.10. The van der Waals surface area contributed by atoms with Crippen LogP contribution < -0.4 is 5.73 Å². The number of aromatic nitrogens is 4. The average Bonchev–Trinajstić information content (AvgIpc) is 2.84. The molecule has 0 radical (unpaired) electrons. The summed E-state index contributed by atoms with van der Waals surface area (Å²) in [6.45, 7) is 0.660. The lowest BCUT2D eigenvalue weighted by atomic mass is 9.80. The third-order valence-electron chi connectivity index (χ3n) is 3.90. The zero-order chi connectivity index (χ0) is 14.2. The molecular formula is C13H16BrN5O. The van der Waals surface area contributed by atoms with Gasteiger partial charge in [-0.2, -0.15) is 0 Å². The van der Waals surface area contributed by atoms with Crippen LogP contribution in [-0.2, 0) is 11.3 Å². The Labute approximate surface area is 125 Å². The van der Waals surface area contributed by atoms with Crippen molar-refractivity contribution in [1.82, 2.24) is 20.2 Å². The number of nitrogens with zero attached hydrogens (tertiary/aromatic N) is 4. The van der Waals surface area contributed by atoms with E-state index in [1.165, 1.54) is 6.42 Å². The predicted molar refractivity (Wildman–Crippen MR) is 79.0 cm³/mol. The van der Waals surface area contributed by atoms with Crippen molar-refractivity contribution in [3.05, 3.63) is 22.7 Å². The van der Waals surface area contributed by atoms with Gasteiger partial charge in [-0.05, 0) is 47.9 Å². The van der Waals surface area contributed by atoms with Gasteiger partial charge in [0.05, 0.1) is 12.1 Å². The molecule has 1 aromatic heterocycles. The van der Waals surface area contributed by atoms with Gasteiger partial charge in [0.1, 0.15) is 0 Å². The molecule has 1 heterocycles. The van der Waals surface area contributed by atoms with Gasteiger partial charge in [-0.15, -0.1) is 5.10 Å². The van der Waals surface area contributed by atoms with Gasteiger partial charge in [-0.1, -0.05) is 15.9 Å². The molecule has 0 aliphatic heterocycles. The number of rotatable bonds is 4. The minimum absolute atomic E-state index is 0.128. The summed E-state index contributed by atoms with van der Waals surface area (Å²) in [5.74, 6) is 0.701. The van der Waals surface area contributed by atoms with Crippen molar-refractivity contribution < 1.29 is 4.74 Å². The molecule has 1 saturated carbocycles. The van der Waals surface area contributed by atoms with E-state index in [2.05, 4.69) is 31.5 Å². The molecule has 0 atom stereocenters. The van der Waals surface area contributed by atoms with E-state index in [1.807, 2.05) is 18.2 Å². The maximum Gasteiger partial charge on any atom is 0.183 e. The largest absolute Gasteiger partial charge is 0.399 e. The third kappa shape index (κ3) is 2.31. The lowest BCUT2D eigenvalue weighted by Crippen LogP contribution is -2.43. The van der Waals surface area contributed by atoms with Gasteiger partial charge in [-0.3, -0.25) is 0 Å². The van der Waals surface area contributed by atoms with E-state index in [-0.39, 0.29) is 5.60 Å². The first-order valence-electron chi connectivity index (χ1n) is 6.50. The highest BCUT2D eigenvalue weighted by atomic mass is 79.9. The van der Waals surface area contributed by atoms with Crippen LogP contribution in [0.1, 0.15) is 19.3 Å². The van der Waals surface area contributed by atoms with Crippen LogP contribution in [-0.4, -0.2) is 32.9 Å². The van der Waals surface area contributed by atoms with E-state index in [4.69, 9.17) is 10.5 Å². The Bertz CT molecular complexity index is 617. The Kier molecular flexibility index (Phi) is 3.47. The van der Waals surface area contributed by atoms with E-state index in [0.29, 0.717) is 18.1 Å². The normalized spacial score (nSPS) is 16.9. The van der Waals surface area contributed by atoms with Crippen molar-refractivity contribution in [2.45, 2.75) is 31.4 Å². The predicted octanol–water partition coefficient (Wildman–Crippen LogP) is 2.25. The van der Waals surface area contributed by atoms with Crippen molar-refractivity contribution in [1.29, 1.82) is 0 Å². The number of hydrogen-bond acceptors (Lipinski definition) is 5. The highest BCUT2D eigenvalue weighted by Crippen LogP contribution is 2.37. The molecule has 2 aromatic rings. The first-order chi connectivity index (χ1) is 9.63. The summed E-state index contributed by atoms with van der Waals surface area (Å²) in [5, 5.41) is 12.0. The molecule has 0 spiro atoms. The van der Waals surface area contributed by atoms with Crippen LogP contribution in [0.3, 0.4) is 0 Å². The summed E-state index contributed by atoms with van der Waals surface area (Å²) in [7, 11) is 1.75. The Morgan fingerprint density at radius 2 is 2.25 bits per heavy atom. The Morgan fingerprint density at radius 1 is 1.45 bits per heavy atom. The van der Waals surface area contributed by atoms with Crippen molar-refractivity contribution in [2.24, 2.45) is 0 Å². The minimum atomic E-state index is -0.128. The fraction of sp³-hybridized carbons (Fsp3) is 0.462. The topological polar surface area (TPSA) is 78.8 Å². The van der Waals surface area contributed by atoms with Crippen LogP contribution in [0.4, 0.5) is 5.69 Å². The number of methoxy groups -OCH3 is 1. The number of hydrogen-bond donors (Lipinski definition) is 1. The lowest BCUT2D eigenvalue weighted by molar-refractivity contribution is -0.0855. The van der Waals surface area contributed by atoms with E-state index >= 15 is 0 Å². The standard InChI is InChI=1S/C13H16BrN5O/c1-20-13(5-2-6-13)8-19-12(16-17-18-19)10-7-9(15)3-4-11(10)14/h3-4,7H,2,5-6,8,15H2,1H3. The quantitative estimate of drug-likeness (QED) is 0.865. The van der Waals surface area contributed by atoms with Crippen LogP contribution >= 0.6 is 15.9 Å². The van der Waals surface area contributed by atoms with Gasteiger partial charge < -0.3 is 10.5 Å². The second kappa shape index (κ2) is 5.14. The number of tetrazole rings is 1. The number of nitrogens with two attached hydrogens (primary N) is 1. The third-order valence-corrected chi connectivity index (χ3v) is 4.59. The van der Waals surface area contributed by atoms with E-state index < -0.39 is 0 Å². The Morgan fingerprint density at radius 3 is 2.90 bits per heavy atom. The lowest BCUT2D eigenvalue weighted by Gasteiger charge is -2.40. The average molecular weight is 338 g/mol. The molecular weight excluding hydrogens is 322 g/mol. The molecule has 1 aliphatic carbocycles. The molecule has 1 aromatic carbocycles. The van der Waals surface area contributed by atoms with Crippen LogP contribution in [0.2, 0.25) is 0 Å². The van der Waals surface area contributed by atoms with Crippen molar-refractivity contribution in [3.63, 3.8) is 0 Å². The van der Waals surface area contributed by atoms with E-state index in [1.54, 1.807) is 11.8 Å². The molecule has 2 N–H and O–H groups in total. The number of ether oxygens (including phenoxy) is 1. The molecule has 0 unspecified atom stereocenters. The van der Waals surface area contributed by atoms with Crippen molar-refractivity contribution >= 4 is 21.6 Å². The Balaban J connectivity index is 1.96. The van der Waals surface area contributed by atoms with Gasteiger partial charge in [0.15, 0.2) is 5.82 Å². The van der Waals surface area contributed by atoms with Crippen LogP contribution in [0.5, 0.6) is 0 Å². The van der Waals surface area contributed by atoms with Gasteiger partial charge in [0.2, 0.25) is 0 Å². The number of halogens is 1. The molecule has 106 valence electrons. The van der Waals surface area contributed by atoms with Gasteiger partial charge >= 0.3 is 0 Å². The zero-order valence-electron chi connectivity index (χ0n) is 11.2. The number of nitrogen functional groups attached to an aromatic ring is 1. The summed E-state index contributed by atoms with van der Waals surface area (Å²) < 4.78 is 8.35. The molecule has 6 nitrogen and oxygen atoms in total. The molecule has 1 fully saturated rings. The number of anilines is 1. The van der Waals surface area contributed by atoms with E-state index in [0.717, 1.165) is 22.9 Å². The summed E-state index contributed by atoms with van der Waals surface area (Å²) in [4.78, 5) is 0. The van der Waals surface area contributed by atoms with Crippen LogP contribution in [0.15, 0.2) is 22.7 Å². The van der Waals surface area contributed by atoms with Crippen molar-refractivity contribution in [3.8, 4) is 11.4 Å². The highest BCUT2D eigenvalue weighted by Gasteiger charge is 2.38. The van der Waals surface area contributed by atoms with Crippen LogP contribution in [0.25, 0.3) is 11.4 Å². The smallest absolute Gasteiger partial charge is 0.183 e. The maximum absolute atomic E-state index is 5.85. The molecule has 0 bridgehead atoms. The van der Waals surface area contributed by atoms with Gasteiger partial charge in [0.25, 0.3) is 0 Å². The van der Waals surface area contributed by atoms with Gasteiger partial charge in [-0.25, -0.2) is 4.68 Å². The van der Waals surface area contributed by atoms with Crippen molar-refractivity contribution in [2.75, 3.05) is 12.8 Å². The fourth-order valence-corrected chi connectivity index (χ4v) is 2.91. The maximum atomic E-state index is 5.85. The Hall–Kier alpha value is -1.47. The fourth-order valence-electron chi connectivity index (χ4n) is 2.49. The second-order valence-corrected chi connectivity index (χ2v) is 5.99. The molecule has 20 heavy (non-hydrogen) atoms. The minimum Gasteiger partial charge on any atom is -0.399 e. The van der Waals surface area contributed by atoms with Crippen LogP contribution in [0, 0.1) is 0 Å². The first kappa shape index (κ1) is 13.5.